The lowest BCUT2D eigenvalue weighted by molar-refractivity contribution is 0.936. The quantitative estimate of drug-likeness (QED) is 0.266. The summed E-state index contributed by atoms with van der Waals surface area (Å²) in [5.41, 5.74) is 7.57. The maximum atomic E-state index is 4.58. The van der Waals surface area contributed by atoms with Crippen LogP contribution in [0.1, 0.15) is 11.1 Å². The van der Waals surface area contributed by atoms with Gasteiger partial charge in [0.15, 0.2) is 5.82 Å². The Morgan fingerprint density at radius 2 is 1.08 bits per heavy atom. The molecule has 0 bridgehead atoms. The third kappa shape index (κ3) is 2.88. The largest absolute Gasteiger partial charge is 0.307 e. The molecule has 0 aliphatic rings. The third-order valence-corrected chi connectivity index (χ3v) is 6.98. The lowest BCUT2D eigenvalue weighted by Crippen LogP contribution is -2.03. The van der Waals surface area contributed by atoms with E-state index in [1.165, 1.54) is 21.5 Å². The Bertz CT molecular complexity index is 1870. The first-order valence-electron chi connectivity index (χ1n) is 11.9. The molecule has 4 aromatic carbocycles. The van der Waals surface area contributed by atoms with Crippen LogP contribution < -0.4 is 0 Å². The monoisotopic (exact) mass is 462 g/mol. The van der Waals surface area contributed by atoms with Crippen molar-refractivity contribution in [3.63, 3.8) is 0 Å². The second-order valence-electron chi connectivity index (χ2n) is 8.94. The van der Waals surface area contributed by atoms with Gasteiger partial charge in [-0.25, -0.2) is 0 Å². The number of para-hydroxylation sites is 2. The van der Waals surface area contributed by atoms with Gasteiger partial charge < -0.3 is 4.57 Å². The standard InChI is InChI=1S/C32H22N4/c1-3-21-13-15-30-26(17-21)27-18-22(4-2)14-16-31(27)35(30)23-19-32(34-33-20-23)36-28-11-7-5-9-24(28)25-10-6-8-12-29(25)36/h3-20H,1-2H2. The molecule has 4 nitrogen and oxygen atoms in total. The van der Waals surface area contributed by atoms with Gasteiger partial charge in [0.2, 0.25) is 0 Å². The molecule has 0 unspecified atom stereocenters. The van der Waals surface area contributed by atoms with Crippen molar-refractivity contribution in [2.75, 3.05) is 0 Å². The maximum absolute atomic E-state index is 4.58. The van der Waals surface area contributed by atoms with Crippen LogP contribution in [0, 0.1) is 0 Å². The molecule has 0 aliphatic carbocycles. The van der Waals surface area contributed by atoms with E-state index in [0.717, 1.165) is 44.7 Å². The van der Waals surface area contributed by atoms with Crippen molar-refractivity contribution in [3.05, 3.63) is 121 Å². The number of benzene rings is 4. The third-order valence-electron chi connectivity index (χ3n) is 6.98. The first-order valence-corrected chi connectivity index (χ1v) is 11.9. The van der Waals surface area contributed by atoms with Gasteiger partial charge in [-0.1, -0.05) is 73.8 Å². The molecule has 0 spiro atoms. The molecule has 170 valence electrons. The van der Waals surface area contributed by atoms with Crippen molar-refractivity contribution in [2.24, 2.45) is 0 Å². The van der Waals surface area contributed by atoms with Gasteiger partial charge in [-0.15, -0.1) is 5.10 Å². The van der Waals surface area contributed by atoms with Crippen molar-refractivity contribution in [1.29, 1.82) is 0 Å². The molecule has 0 radical (unpaired) electrons. The highest BCUT2D eigenvalue weighted by Crippen LogP contribution is 2.35. The minimum atomic E-state index is 0.783. The normalized spacial score (nSPS) is 11.6. The van der Waals surface area contributed by atoms with Gasteiger partial charge in [-0.3, -0.25) is 4.57 Å². The van der Waals surface area contributed by atoms with E-state index in [1.807, 2.05) is 18.3 Å². The Hall–Kier alpha value is -4.96. The smallest absolute Gasteiger partial charge is 0.162 e. The Morgan fingerprint density at radius 1 is 0.556 bits per heavy atom. The zero-order valence-corrected chi connectivity index (χ0v) is 19.6. The van der Waals surface area contributed by atoms with Crippen molar-refractivity contribution in [2.45, 2.75) is 0 Å². The van der Waals surface area contributed by atoms with Crippen LogP contribution in [0.25, 0.3) is 67.3 Å². The van der Waals surface area contributed by atoms with Crippen molar-refractivity contribution in [1.82, 2.24) is 19.3 Å². The topological polar surface area (TPSA) is 35.6 Å². The van der Waals surface area contributed by atoms with Crippen LogP contribution in [0.4, 0.5) is 0 Å². The van der Waals surface area contributed by atoms with Crippen LogP contribution >= 0.6 is 0 Å². The van der Waals surface area contributed by atoms with E-state index in [2.05, 4.69) is 123 Å². The van der Waals surface area contributed by atoms with Crippen molar-refractivity contribution < 1.29 is 0 Å². The fraction of sp³-hybridized carbons (Fsp3) is 0. The van der Waals surface area contributed by atoms with Gasteiger partial charge >= 0.3 is 0 Å². The molecule has 7 rings (SSSR count). The Labute approximate surface area is 208 Å². The Morgan fingerprint density at radius 3 is 1.64 bits per heavy atom. The lowest BCUT2D eigenvalue weighted by atomic mass is 10.1. The molecule has 0 atom stereocenters. The van der Waals surface area contributed by atoms with Gasteiger partial charge in [0, 0.05) is 27.6 Å². The fourth-order valence-electron chi connectivity index (χ4n) is 5.34. The molecule has 0 saturated heterocycles. The van der Waals surface area contributed by atoms with Crippen molar-refractivity contribution in [3.8, 4) is 11.5 Å². The highest BCUT2D eigenvalue weighted by atomic mass is 15.2. The first kappa shape index (κ1) is 20.4. The summed E-state index contributed by atoms with van der Waals surface area (Å²) >= 11 is 0. The van der Waals surface area contributed by atoms with E-state index in [9.17, 15) is 0 Å². The first-order chi connectivity index (χ1) is 17.8. The molecular formula is C32H22N4. The number of hydrogen-bond donors (Lipinski definition) is 0. The molecule has 36 heavy (non-hydrogen) atoms. The summed E-state index contributed by atoms with van der Waals surface area (Å²) in [7, 11) is 0. The van der Waals surface area contributed by atoms with Crippen LogP contribution in [-0.4, -0.2) is 19.3 Å². The molecule has 0 amide bonds. The second kappa shape index (κ2) is 7.79. The molecule has 7 aromatic rings. The molecule has 0 saturated carbocycles. The van der Waals surface area contributed by atoms with E-state index in [4.69, 9.17) is 0 Å². The van der Waals surface area contributed by atoms with E-state index < -0.39 is 0 Å². The van der Waals surface area contributed by atoms with Gasteiger partial charge in [-0.2, -0.15) is 5.10 Å². The van der Waals surface area contributed by atoms with Crippen LogP contribution in [-0.2, 0) is 0 Å². The van der Waals surface area contributed by atoms with Gasteiger partial charge in [-0.05, 0) is 47.5 Å². The zero-order chi connectivity index (χ0) is 24.2. The van der Waals surface area contributed by atoms with Crippen LogP contribution in [0.15, 0.2) is 110 Å². The molecule has 0 aliphatic heterocycles. The summed E-state index contributed by atoms with van der Waals surface area (Å²) in [5.74, 6) is 0.783. The molecule has 4 heteroatoms. The van der Waals surface area contributed by atoms with Gasteiger partial charge in [0.1, 0.15) is 0 Å². The predicted octanol–water partition coefficient (Wildman–Crippen LogP) is 7.96. The zero-order valence-electron chi connectivity index (χ0n) is 19.6. The number of aromatic nitrogens is 4. The van der Waals surface area contributed by atoms with Gasteiger partial charge in [0.05, 0.1) is 34.0 Å². The average Bonchev–Trinajstić information content (AvgIpc) is 3.45. The summed E-state index contributed by atoms with van der Waals surface area (Å²) in [6, 6.07) is 31.9. The highest BCUT2D eigenvalue weighted by Gasteiger charge is 2.16. The van der Waals surface area contributed by atoms with Crippen LogP contribution in [0.3, 0.4) is 0 Å². The summed E-state index contributed by atoms with van der Waals surface area (Å²) < 4.78 is 4.46. The molecule has 3 heterocycles. The number of rotatable bonds is 4. The maximum Gasteiger partial charge on any atom is 0.162 e. The van der Waals surface area contributed by atoms with Crippen LogP contribution in [0.5, 0.6) is 0 Å². The Balaban J connectivity index is 1.54. The summed E-state index contributed by atoms with van der Waals surface area (Å²) in [5, 5.41) is 13.8. The number of hydrogen-bond acceptors (Lipinski definition) is 2. The summed E-state index contributed by atoms with van der Waals surface area (Å²) in [6.07, 6.45) is 5.60. The fourth-order valence-corrected chi connectivity index (χ4v) is 5.34. The highest BCUT2D eigenvalue weighted by molar-refractivity contribution is 6.11. The van der Waals surface area contributed by atoms with Gasteiger partial charge in [0.25, 0.3) is 0 Å². The Kier molecular flexibility index (Phi) is 4.42. The predicted molar refractivity (Wildman–Crippen MR) is 151 cm³/mol. The average molecular weight is 463 g/mol. The SMILES string of the molecule is C=Cc1ccc2c(c1)c1cc(C=C)ccc1n2-c1cnnc(-n2c3ccccc3c3ccccc32)c1. The van der Waals surface area contributed by atoms with Crippen LogP contribution in [0.2, 0.25) is 0 Å². The van der Waals surface area contributed by atoms with E-state index in [1.54, 1.807) is 0 Å². The minimum absolute atomic E-state index is 0.783. The van der Waals surface area contributed by atoms with E-state index in [-0.39, 0.29) is 0 Å². The van der Waals surface area contributed by atoms with E-state index in [0.29, 0.717) is 0 Å². The summed E-state index contributed by atoms with van der Waals surface area (Å²) in [6.45, 7) is 7.92. The summed E-state index contributed by atoms with van der Waals surface area (Å²) in [4.78, 5) is 0. The van der Waals surface area contributed by atoms with E-state index >= 15 is 0 Å². The number of nitrogens with zero attached hydrogens (tertiary/aromatic N) is 4. The molecule has 0 fully saturated rings. The minimum Gasteiger partial charge on any atom is -0.307 e. The second-order valence-corrected chi connectivity index (χ2v) is 8.94. The lowest BCUT2D eigenvalue weighted by Gasteiger charge is -2.11. The molecular weight excluding hydrogens is 440 g/mol. The van der Waals surface area contributed by atoms with Crippen molar-refractivity contribution >= 4 is 55.8 Å². The molecule has 0 N–H and O–H groups in total. The molecule has 3 aromatic heterocycles. The number of fused-ring (bicyclic) bond motifs is 6.